The first-order valence-electron chi connectivity index (χ1n) is 10.3. The van der Waals surface area contributed by atoms with Gasteiger partial charge in [-0.1, -0.05) is 32.0 Å². The number of carbonyl (C=O) groups is 2. The van der Waals surface area contributed by atoms with E-state index in [4.69, 9.17) is 9.47 Å². The summed E-state index contributed by atoms with van der Waals surface area (Å²) in [6, 6.07) is 7.83. The lowest BCUT2D eigenvalue weighted by molar-refractivity contribution is -0.122. The summed E-state index contributed by atoms with van der Waals surface area (Å²) >= 11 is 1.48. The van der Waals surface area contributed by atoms with Crippen LogP contribution in [0.2, 0.25) is 0 Å². The molecule has 0 saturated heterocycles. The zero-order valence-electron chi connectivity index (χ0n) is 17.5. The SMILES string of the molecule is CCOC(=O)c1c(NC(=O)C(C)Oc2ccccc2C(C)CC)sc2c1CCC2. The highest BCUT2D eigenvalue weighted by Gasteiger charge is 2.29. The fourth-order valence-electron chi connectivity index (χ4n) is 3.58. The molecule has 1 N–H and O–H groups in total. The molecule has 2 atom stereocenters. The molecule has 1 heterocycles. The van der Waals surface area contributed by atoms with Crippen LogP contribution in [0, 0.1) is 0 Å². The van der Waals surface area contributed by atoms with Gasteiger partial charge in [0.15, 0.2) is 6.10 Å². The third kappa shape index (κ3) is 4.64. The number of carbonyl (C=O) groups excluding carboxylic acids is 2. The van der Waals surface area contributed by atoms with Crippen molar-refractivity contribution in [2.75, 3.05) is 11.9 Å². The molecule has 0 bridgehead atoms. The van der Waals surface area contributed by atoms with Crippen LogP contribution >= 0.6 is 11.3 Å². The molecular weight excluding hydrogens is 386 g/mol. The third-order valence-corrected chi connectivity index (χ3v) is 6.58. The molecule has 156 valence electrons. The van der Waals surface area contributed by atoms with Crippen molar-refractivity contribution in [3.63, 3.8) is 0 Å². The number of nitrogens with one attached hydrogen (secondary N) is 1. The number of hydrogen-bond acceptors (Lipinski definition) is 5. The topological polar surface area (TPSA) is 64.6 Å². The fourth-order valence-corrected chi connectivity index (χ4v) is 4.86. The lowest BCUT2D eigenvalue weighted by Gasteiger charge is -2.19. The Kier molecular flexibility index (Phi) is 6.96. The molecule has 0 radical (unpaired) electrons. The number of esters is 1. The molecule has 6 heteroatoms. The minimum atomic E-state index is -0.688. The first kappa shape index (κ1) is 21.4. The molecule has 2 aromatic rings. The Morgan fingerprint density at radius 1 is 1.17 bits per heavy atom. The van der Waals surface area contributed by atoms with Crippen molar-refractivity contribution in [3.05, 3.63) is 45.8 Å². The van der Waals surface area contributed by atoms with E-state index in [1.165, 1.54) is 16.2 Å². The number of rotatable bonds is 8. The van der Waals surface area contributed by atoms with Gasteiger partial charge in [0.2, 0.25) is 0 Å². The van der Waals surface area contributed by atoms with E-state index in [1.807, 2.05) is 24.3 Å². The van der Waals surface area contributed by atoms with Crippen molar-refractivity contribution in [2.45, 2.75) is 65.4 Å². The fraction of sp³-hybridized carbons (Fsp3) is 0.478. The zero-order valence-corrected chi connectivity index (χ0v) is 18.4. The van der Waals surface area contributed by atoms with Crippen LogP contribution in [0.5, 0.6) is 5.75 Å². The standard InChI is InChI=1S/C23H29NO4S/c1-5-14(3)16-10-7-8-12-18(16)28-15(4)21(25)24-22-20(23(26)27-6-2)17-11-9-13-19(17)29-22/h7-8,10,12,14-15H,5-6,9,11,13H2,1-4H3,(H,24,25). The Hall–Kier alpha value is -2.34. The van der Waals surface area contributed by atoms with E-state index in [0.717, 1.165) is 42.6 Å². The van der Waals surface area contributed by atoms with Crippen LogP contribution < -0.4 is 10.1 Å². The van der Waals surface area contributed by atoms with Gasteiger partial charge in [0.1, 0.15) is 10.8 Å². The Balaban J connectivity index is 1.77. The first-order valence-corrected chi connectivity index (χ1v) is 11.2. The number of ether oxygens (including phenoxy) is 2. The smallest absolute Gasteiger partial charge is 0.341 e. The quantitative estimate of drug-likeness (QED) is 0.592. The molecule has 5 nitrogen and oxygen atoms in total. The molecule has 3 rings (SSSR count). The number of anilines is 1. The van der Waals surface area contributed by atoms with Crippen LogP contribution in [0.3, 0.4) is 0 Å². The van der Waals surface area contributed by atoms with E-state index in [-0.39, 0.29) is 11.9 Å². The monoisotopic (exact) mass is 415 g/mol. The second-order valence-electron chi connectivity index (χ2n) is 7.38. The number of benzene rings is 1. The maximum atomic E-state index is 12.8. The van der Waals surface area contributed by atoms with E-state index < -0.39 is 6.10 Å². The van der Waals surface area contributed by atoms with Gasteiger partial charge in [0.05, 0.1) is 12.2 Å². The zero-order chi connectivity index (χ0) is 21.0. The molecule has 0 aliphatic heterocycles. The molecule has 1 aliphatic carbocycles. The van der Waals surface area contributed by atoms with Crippen LogP contribution in [0.15, 0.2) is 24.3 Å². The van der Waals surface area contributed by atoms with Gasteiger partial charge in [-0.05, 0) is 62.6 Å². The number of hydrogen-bond donors (Lipinski definition) is 1. The summed E-state index contributed by atoms with van der Waals surface area (Å²) in [6.45, 7) is 8.10. The molecular formula is C23H29NO4S. The number of aryl methyl sites for hydroxylation is 1. The van der Waals surface area contributed by atoms with Crippen molar-refractivity contribution in [1.29, 1.82) is 0 Å². The highest BCUT2D eigenvalue weighted by molar-refractivity contribution is 7.17. The summed E-state index contributed by atoms with van der Waals surface area (Å²) in [5.74, 6) is 0.438. The molecule has 29 heavy (non-hydrogen) atoms. The minimum absolute atomic E-state index is 0.269. The van der Waals surface area contributed by atoms with E-state index in [0.29, 0.717) is 23.1 Å². The molecule has 1 amide bonds. The van der Waals surface area contributed by atoms with Gasteiger partial charge in [-0.25, -0.2) is 4.79 Å². The lowest BCUT2D eigenvalue weighted by atomic mass is 9.98. The molecule has 1 aromatic heterocycles. The summed E-state index contributed by atoms with van der Waals surface area (Å²) in [5.41, 5.74) is 2.64. The van der Waals surface area contributed by atoms with E-state index in [1.54, 1.807) is 13.8 Å². The Morgan fingerprint density at radius 3 is 2.66 bits per heavy atom. The van der Waals surface area contributed by atoms with Crippen molar-refractivity contribution >= 4 is 28.2 Å². The number of fused-ring (bicyclic) bond motifs is 1. The predicted molar refractivity (Wildman–Crippen MR) is 116 cm³/mol. The minimum Gasteiger partial charge on any atom is -0.481 e. The van der Waals surface area contributed by atoms with Crippen molar-refractivity contribution in [3.8, 4) is 5.75 Å². The lowest BCUT2D eigenvalue weighted by Crippen LogP contribution is -2.30. The predicted octanol–water partition coefficient (Wildman–Crippen LogP) is 5.33. The van der Waals surface area contributed by atoms with Crippen LogP contribution in [-0.4, -0.2) is 24.6 Å². The summed E-state index contributed by atoms with van der Waals surface area (Å²) < 4.78 is 11.2. The average molecular weight is 416 g/mol. The van der Waals surface area contributed by atoms with Crippen molar-refractivity contribution < 1.29 is 19.1 Å². The Bertz CT molecular complexity index is 889. The van der Waals surface area contributed by atoms with Gasteiger partial charge in [-0.15, -0.1) is 11.3 Å². The molecule has 0 fully saturated rings. The van der Waals surface area contributed by atoms with Crippen LogP contribution in [0.4, 0.5) is 5.00 Å². The summed E-state index contributed by atoms with van der Waals surface area (Å²) in [7, 11) is 0. The maximum Gasteiger partial charge on any atom is 0.341 e. The molecule has 1 aromatic carbocycles. The normalized spacial score (nSPS) is 14.8. The van der Waals surface area contributed by atoms with Crippen molar-refractivity contribution in [2.24, 2.45) is 0 Å². The molecule has 0 saturated carbocycles. The summed E-state index contributed by atoms with van der Waals surface area (Å²) in [5, 5.41) is 3.49. The summed E-state index contributed by atoms with van der Waals surface area (Å²) in [6.07, 6.45) is 3.13. The molecule has 1 aliphatic rings. The molecule has 0 spiro atoms. The Labute approximate surface area is 176 Å². The Morgan fingerprint density at radius 2 is 1.93 bits per heavy atom. The van der Waals surface area contributed by atoms with Crippen LogP contribution in [-0.2, 0) is 22.4 Å². The van der Waals surface area contributed by atoms with E-state index in [9.17, 15) is 9.59 Å². The van der Waals surface area contributed by atoms with E-state index in [2.05, 4.69) is 19.2 Å². The summed E-state index contributed by atoms with van der Waals surface area (Å²) in [4.78, 5) is 26.5. The molecule has 2 unspecified atom stereocenters. The van der Waals surface area contributed by atoms with E-state index >= 15 is 0 Å². The second kappa shape index (κ2) is 9.44. The highest BCUT2D eigenvalue weighted by Crippen LogP contribution is 2.39. The number of amides is 1. The van der Waals surface area contributed by atoms with Gasteiger partial charge < -0.3 is 14.8 Å². The van der Waals surface area contributed by atoms with Crippen LogP contribution in [0.1, 0.15) is 72.8 Å². The maximum absolute atomic E-state index is 12.8. The first-order chi connectivity index (χ1) is 14.0. The van der Waals surface area contributed by atoms with Gasteiger partial charge in [0.25, 0.3) is 5.91 Å². The largest absolute Gasteiger partial charge is 0.481 e. The van der Waals surface area contributed by atoms with Gasteiger partial charge in [-0.2, -0.15) is 0 Å². The highest BCUT2D eigenvalue weighted by atomic mass is 32.1. The number of thiophene rings is 1. The second-order valence-corrected chi connectivity index (χ2v) is 8.48. The average Bonchev–Trinajstić information content (AvgIpc) is 3.28. The van der Waals surface area contributed by atoms with Gasteiger partial charge in [0, 0.05) is 4.88 Å². The number of para-hydroxylation sites is 1. The van der Waals surface area contributed by atoms with Gasteiger partial charge >= 0.3 is 5.97 Å². The van der Waals surface area contributed by atoms with Crippen LogP contribution in [0.25, 0.3) is 0 Å². The van der Waals surface area contributed by atoms with Crippen molar-refractivity contribution in [1.82, 2.24) is 0 Å². The third-order valence-electron chi connectivity index (χ3n) is 5.37. The van der Waals surface area contributed by atoms with Gasteiger partial charge in [-0.3, -0.25) is 4.79 Å².